The van der Waals surface area contributed by atoms with Crippen LogP contribution in [0.5, 0.6) is 0 Å². The van der Waals surface area contributed by atoms with Crippen molar-refractivity contribution in [3.8, 4) is 0 Å². The van der Waals surface area contributed by atoms with Crippen LogP contribution in [0.1, 0.15) is 36.9 Å². The zero-order valence-electron chi connectivity index (χ0n) is 22.0. The molecule has 6 nitrogen and oxygen atoms in total. The number of rotatable bonds is 9. The lowest BCUT2D eigenvalue weighted by Crippen LogP contribution is -2.30. The number of carbonyl (C=O) groups is 2. The smallest absolute Gasteiger partial charge is 0.237 e. The molecular weight excluding hydrogens is 577 g/mol. The van der Waals surface area contributed by atoms with Crippen LogP contribution in [0, 0.1) is 0 Å². The third kappa shape index (κ3) is 7.42. The van der Waals surface area contributed by atoms with Crippen LogP contribution in [0.25, 0.3) is 10.2 Å². The molecule has 2 N–H and O–H groups in total. The van der Waals surface area contributed by atoms with Gasteiger partial charge in [0.05, 0.1) is 27.3 Å². The van der Waals surface area contributed by atoms with Gasteiger partial charge in [0.2, 0.25) is 11.8 Å². The van der Waals surface area contributed by atoms with Gasteiger partial charge in [-0.1, -0.05) is 96.4 Å². The molecule has 0 bridgehead atoms. The molecule has 1 aromatic heterocycles. The van der Waals surface area contributed by atoms with Gasteiger partial charge in [-0.3, -0.25) is 9.59 Å². The fourth-order valence-corrected chi connectivity index (χ4v) is 7.78. The van der Waals surface area contributed by atoms with E-state index in [4.69, 9.17) is 12.2 Å². The number of likely N-dealkylation sites (tertiary alicyclic amines) is 1. The Morgan fingerprint density at radius 1 is 1.00 bits per heavy atom. The number of hydrogen-bond acceptors (Lipinski definition) is 7. The van der Waals surface area contributed by atoms with E-state index in [1.165, 1.54) is 34.9 Å². The van der Waals surface area contributed by atoms with Gasteiger partial charge in [-0.2, -0.15) is 0 Å². The number of nitrogens with one attached hydrogen (secondary N) is 2. The van der Waals surface area contributed by atoms with Crippen LogP contribution in [0.15, 0.2) is 83.2 Å². The van der Waals surface area contributed by atoms with Crippen LogP contribution in [0.2, 0.25) is 0 Å². The summed E-state index contributed by atoms with van der Waals surface area (Å²) in [6, 6.07) is 25.4. The molecule has 206 valence electrons. The lowest BCUT2D eigenvalue weighted by atomic mass is 9.99. The summed E-state index contributed by atoms with van der Waals surface area (Å²) in [4.78, 5) is 32.6. The second-order valence-corrected chi connectivity index (χ2v) is 13.7. The Hall–Kier alpha value is -2.92. The van der Waals surface area contributed by atoms with Crippen LogP contribution in [0.3, 0.4) is 0 Å². The Morgan fingerprint density at radius 3 is 2.30 bits per heavy atom. The van der Waals surface area contributed by atoms with Crippen LogP contribution in [-0.2, 0) is 9.59 Å². The fourth-order valence-electron chi connectivity index (χ4n) is 4.45. The highest BCUT2D eigenvalue weighted by Gasteiger charge is 2.22. The molecule has 5 rings (SSSR count). The number of amides is 2. The van der Waals surface area contributed by atoms with Crippen molar-refractivity contribution in [2.45, 2.75) is 35.4 Å². The number of thiocarbonyl (C=S) groups is 1. The summed E-state index contributed by atoms with van der Waals surface area (Å²) in [6.45, 7) is 3.84. The van der Waals surface area contributed by atoms with Gasteiger partial charge in [-0.15, -0.1) is 11.3 Å². The normalized spacial score (nSPS) is 13.9. The van der Waals surface area contributed by atoms with Gasteiger partial charge in [0.15, 0.2) is 4.34 Å². The quantitative estimate of drug-likeness (QED) is 0.162. The predicted molar refractivity (Wildman–Crippen MR) is 172 cm³/mol. The molecular formula is C30H30N4O2S4. The predicted octanol–water partition coefficient (Wildman–Crippen LogP) is 6.74. The molecule has 1 saturated heterocycles. The highest BCUT2D eigenvalue weighted by Crippen LogP contribution is 2.32. The summed E-state index contributed by atoms with van der Waals surface area (Å²) in [5.74, 6) is 0.118. The minimum absolute atomic E-state index is 0.0618. The lowest BCUT2D eigenvalue weighted by molar-refractivity contribution is -0.119. The van der Waals surface area contributed by atoms with Crippen LogP contribution in [-0.4, -0.2) is 50.1 Å². The molecule has 10 heteroatoms. The first-order chi connectivity index (χ1) is 19.5. The zero-order chi connectivity index (χ0) is 27.9. The number of carbonyl (C=O) groups excluding carboxylic acids is 2. The molecule has 1 aliphatic rings. The van der Waals surface area contributed by atoms with Gasteiger partial charge in [-0.05, 0) is 49.1 Å². The first-order valence-electron chi connectivity index (χ1n) is 13.2. The number of fused-ring (bicyclic) bond motifs is 1. The number of thiazole rings is 1. The average Bonchev–Trinajstić information content (AvgIpc) is 3.66. The summed E-state index contributed by atoms with van der Waals surface area (Å²) in [5, 5.41) is 5.91. The molecule has 1 atom stereocenters. The minimum atomic E-state index is -0.287. The third-order valence-electron chi connectivity index (χ3n) is 6.55. The summed E-state index contributed by atoms with van der Waals surface area (Å²) in [6.07, 6.45) is 2.31. The summed E-state index contributed by atoms with van der Waals surface area (Å²) in [7, 11) is 0. The van der Waals surface area contributed by atoms with Gasteiger partial charge < -0.3 is 15.5 Å². The number of aromatic nitrogens is 1. The van der Waals surface area contributed by atoms with Crippen LogP contribution >= 0.6 is 47.1 Å². The Labute approximate surface area is 252 Å². The van der Waals surface area contributed by atoms with Gasteiger partial charge in [-0.25, -0.2) is 4.98 Å². The number of anilines is 1. The molecule has 0 spiro atoms. The minimum Gasteiger partial charge on any atom is -0.358 e. The standard InChI is InChI=1S/C30H30N4O2S4/c1-20(39-30(37)34-16-8-9-17-34)28(36)31-23-14-15-24-25(18-23)40-29(32-24)38-19-26(35)33-27(21-10-4-2-5-11-21)22-12-6-3-7-13-22/h2-7,10-15,18,20,27H,8-9,16-17,19H2,1H3,(H,31,36)(H,33,35)/t20-/m0/s1. The Morgan fingerprint density at radius 2 is 1.65 bits per heavy atom. The highest BCUT2D eigenvalue weighted by molar-refractivity contribution is 8.23. The van der Waals surface area contributed by atoms with Crippen LogP contribution < -0.4 is 10.6 Å². The monoisotopic (exact) mass is 606 g/mol. The Bertz CT molecular complexity index is 1430. The molecule has 4 aromatic rings. The van der Waals surface area contributed by atoms with E-state index in [0.717, 1.165) is 61.6 Å². The molecule has 40 heavy (non-hydrogen) atoms. The molecule has 3 aromatic carbocycles. The van der Waals surface area contributed by atoms with Crippen molar-refractivity contribution in [3.63, 3.8) is 0 Å². The van der Waals surface area contributed by atoms with Gasteiger partial charge in [0.1, 0.15) is 4.32 Å². The van der Waals surface area contributed by atoms with Crippen molar-refractivity contribution in [2.24, 2.45) is 0 Å². The SMILES string of the molecule is C[C@H](SC(=S)N1CCCC1)C(=O)Nc1ccc2nc(SCC(=O)NC(c3ccccc3)c3ccccc3)sc2c1. The number of benzene rings is 3. The van der Waals surface area contributed by atoms with E-state index >= 15 is 0 Å². The third-order valence-corrected chi connectivity index (χ3v) is 10.3. The first kappa shape index (κ1) is 28.6. The number of thioether (sulfide) groups is 2. The second-order valence-electron chi connectivity index (χ2n) is 9.48. The second kappa shape index (κ2) is 13.6. The van der Waals surface area contributed by atoms with Crippen molar-refractivity contribution in [1.82, 2.24) is 15.2 Å². The number of nitrogens with zero attached hydrogens (tertiary/aromatic N) is 2. The maximum absolute atomic E-state index is 13.0. The Balaban J connectivity index is 1.18. The van der Waals surface area contributed by atoms with E-state index < -0.39 is 0 Å². The zero-order valence-corrected chi connectivity index (χ0v) is 25.3. The average molecular weight is 607 g/mol. The van der Waals surface area contributed by atoms with Crippen molar-refractivity contribution in [2.75, 3.05) is 24.2 Å². The molecule has 0 unspecified atom stereocenters. The Kier molecular flexibility index (Phi) is 9.74. The van der Waals surface area contributed by atoms with Crippen molar-refractivity contribution in [3.05, 3.63) is 90.0 Å². The first-order valence-corrected chi connectivity index (χ1v) is 16.2. The number of hydrogen-bond donors (Lipinski definition) is 2. The van der Waals surface area contributed by atoms with E-state index in [0.29, 0.717) is 0 Å². The molecule has 1 fully saturated rings. The molecule has 0 saturated carbocycles. The fraction of sp³-hybridized carbons (Fsp3) is 0.267. The summed E-state index contributed by atoms with van der Waals surface area (Å²) >= 11 is 9.90. The highest BCUT2D eigenvalue weighted by atomic mass is 32.2. The van der Waals surface area contributed by atoms with Gasteiger partial charge in [0.25, 0.3) is 0 Å². The largest absolute Gasteiger partial charge is 0.358 e. The molecule has 0 aliphatic carbocycles. The lowest BCUT2D eigenvalue weighted by Gasteiger charge is -2.20. The topological polar surface area (TPSA) is 74.3 Å². The van der Waals surface area contributed by atoms with Crippen molar-refractivity contribution in [1.29, 1.82) is 0 Å². The summed E-state index contributed by atoms with van der Waals surface area (Å²) < 4.78 is 2.56. The molecule has 2 amide bonds. The van der Waals surface area contributed by atoms with Crippen molar-refractivity contribution < 1.29 is 9.59 Å². The maximum atomic E-state index is 13.0. The van der Waals surface area contributed by atoms with E-state index in [1.54, 1.807) is 0 Å². The van der Waals surface area contributed by atoms with E-state index in [9.17, 15) is 9.59 Å². The van der Waals surface area contributed by atoms with Crippen molar-refractivity contribution >= 4 is 79.1 Å². The van der Waals surface area contributed by atoms with E-state index in [2.05, 4.69) is 20.5 Å². The molecule has 1 aliphatic heterocycles. The van der Waals surface area contributed by atoms with E-state index in [1.807, 2.05) is 85.8 Å². The van der Waals surface area contributed by atoms with Gasteiger partial charge in [0, 0.05) is 18.8 Å². The van der Waals surface area contributed by atoms with Crippen LogP contribution in [0.4, 0.5) is 5.69 Å². The maximum Gasteiger partial charge on any atom is 0.237 e. The molecule has 2 heterocycles. The summed E-state index contributed by atoms with van der Waals surface area (Å²) in [5.41, 5.74) is 3.64. The van der Waals surface area contributed by atoms with Gasteiger partial charge >= 0.3 is 0 Å². The van der Waals surface area contributed by atoms with E-state index in [-0.39, 0.29) is 28.9 Å². The molecule has 0 radical (unpaired) electrons.